The van der Waals surface area contributed by atoms with E-state index in [1.54, 1.807) is 6.20 Å². The number of carboxylic acids is 1. The van der Waals surface area contributed by atoms with E-state index in [-0.39, 0.29) is 36.1 Å². The lowest BCUT2D eigenvalue weighted by Gasteiger charge is -2.45. The van der Waals surface area contributed by atoms with E-state index in [0.717, 1.165) is 17.2 Å². The third kappa shape index (κ3) is 2.63. The van der Waals surface area contributed by atoms with Crippen molar-refractivity contribution in [2.75, 3.05) is 12.4 Å². The summed E-state index contributed by atoms with van der Waals surface area (Å²) >= 11 is 1.49. The number of fused-ring (bicyclic) bond motifs is 1. The molecule has 3 heterocycles. The molecule has 0 saturated carbocycles. The van der Waals surface area contributed by atoms with Crippen molar-refractivity contribution in [3.63, 3.8) is 0 Å². The average Bonchev–Trinajstić information content (AvgIpc) is 3.05. The number of aryl methyl sites for hydroxylation is 2. The zero-order valence-electron chi connectivity index (χ0n) is 13.7. The van der Waals surface area contributed by atoms with Crippen molar-refractivity contribution in [1.82, 2.24) is 14.5 Å². The highest BCUT2D eigenvalue weighted by Gasteiger charge is 2.57. The molecule has 130 valence electrons. The second kappa shape index (κ2) is 6.60. The Kier molecular flexibility index (Phi) is 4.69. The van der Waals surface area contributed by atoms with Crippen molar-refractivity contribution >= 4 is 23.6 Å². The van der Waals surface area contributed by atoms with Gasteiger partial charge in [-0.05, 0) is 6.42 Å². The fourth-order valence-corrected chi connectivity index (χ4v) is 4.85. The summed E-state index contributed by atoms with van der Waals surface area (Å²) in [5, 5.41) is 18.7. The Morgan fingerprint density at radius 2 is 2.21 bits per heavy atom. The molecule has 0 aromatic carbocycles. The molecule has 2 aliphatic rings. The number of rotatable bonds is 7. The second-order valence-corrected chi connectivity index (χ2v) is 7.31. The van der Waals surface area contributed by atoms with Crippen molar-refractivity contribution < 1.29 is 19.8 Å². The first-order valence-corrected chi connectivity index (χ1v) is 8.96. The van der Waals surface area contributed by atoms with Crippen LogP contribution in [0.3, 0.4) is 0 Å². The summed E-state index contributed by atoms with van der Waals surface area (Å²) in [4.78, 5) is 30.4. The van der Waals surface area contributed by atoms with Gasteiger partial charge in [-0.1, -0.05) is 6.92 Å². The number of nitrogens with zero attached hydrogens (tertiary/aromatic N) is 3. The van der Waals surface area contributed by atoms with Gasteiger partial charge in [-0.3, -0.25) is 4.79 Å². The van der Waals surface area contributed by atoms with Crippen LogP contribution in [0.2, 0.25) is 0 Å². The fourth-order valence-electron chi connectivity index (χ4n) is 3.62. The number of amides is 1. The molecule has 2 N–H and O–H groups in total. The van der Waals surface area contributed by atoms with E-state index < -0.39 is 5.97 Å². The van der Waals surface area contributed by atoms with Crippen molar-refractivity contribution in [1.29, 1.82) is 0 Å². The summed E-state index contributed by atoms with van der Waals surface area (Å²) in [6.07, 6.45) is 4.74. The number of β-lactam (4-membered cyclic amide) rings is 1. The van der Waals surface area contributed by atoms with Crippen LogP contribution in [-0.4, -0.2) is 54.9 Å². The average molecular weight is 351 g/mol. The van der Waals surface area contributed by atoms with E-state index in [9.17, 15) is 14.7 Å². The molecular formula is C16H21N3O4S. The number of hydrogen-bond donors (Lipinski definition) is 2. The first-order chi connectivity index (χ1) is 11.5. The Bertz CT molecular complexity index is 699. The maximum atomic E-state index is 12.2. The van der Waals surface area contributed by atoms with Crippen LogP contribution in [0, 0.1) is 11.8 Å². The molecule has 1 aromatic rings. The number of aromatic nitrogens is 2. The Morgan fingerprint density at radius 1 is 1.46 bits per heavy atom. The molecule has 3 rings (SSSR count). The van der Waals surface area contributed by atoms with Crippen LogP contribution in [0.25, 0.3) is 0 Å². The molecular weight excluding hydrogens is 330 g/mol. The van der Waals surface area contributed by atoms with Gasteiger partial charge in [-0.2, -0.15) is 0 Å². The first-order valence-electron chi connectivity index (χ1n) is 7.97. The van der Waals surface area contributed by atoms with Crippen LogP contribution in [-0.2, 0) is 23.1 Å². The summed E-state index contributed by atoms with van der Waals surface area (Å²) in [6.45, 7) is 1.91. The summed E-state index contributed by atoms with van der Waals surface area (Å²) in [7, 11) is 1.93. The minimum atomic E-state index is -1.06. The summed E-state index contributed by atoms with van der Waals surface area (Å²) in [5.41, 5.74) is 0.122. The zero-order chi connectivity index (χ0) is 17.4. The molecule has 0 radical (unpaired) electrons. The van der Waals surface area contributed by atoms with Crippen molar-refractivity contribution in [3.8, 4) is 0 Å². The molecule has 3 atom stereocenters. The van der Waals surface area contributed by atoms with Crippen LogP contribution < -0.4 is 0 Å². The highest BCUT2D eigenvalue weighted by molar-refractivity contribution is 8.03. The SMILES string of the molecule is C[C@H]1C(SCCc2nccn2C)=C(C(=O)O)N2C(=O)[C@@H](CCO)[C@@H]12. The Hall–Kier alpha value is -1.80. The quantitative estimate of drug-likeness (QED) is 0.707. The van der Waals surface area contributed by atoms with Crippen LogP contribution >= 0.6 is 11.8 Å². The lowest BCUT2D eigenvalue weighted by molar-refractivity contribution is -0.157. The predicted octanol–water partition coefficient (Wildman–Crippen LogP) is 0.851. The molecule has 2 aliphatic heterocycles. The van der Waals surface area contributed by atoms with Gasteiger partial charge in [0.15, 0.2) is 0 Å². The van der Waals surface area contributed by atoms with Crippen molar-refractivity contribution in [3.05, 3.63) is 28.8 Å². The number of aliphatic hydroxyl groups is 1. The first kappa shape index (κ1) is 17.0. The number of aliphatic hydroxyl groups excluding tert-OH is 1. The summed E-state index contributed by atoms with van der Waals surface area (Å²) < 4.78 is 1.94. The van der Waals surface area contributed by atoms with Gasteiger partial charge in [0.25, 0.3) is 0 Å². The normalized spacial score (nSPS) is 25.9. The number of aliphatic carboxylic acids is 1. The van der Waals surface area contributed by atoms with Gasteiger partial charge >= 0.3 is 5.97 Å². The number of carbonyl (C=O) groups excluding carboxylic acids is 1. The molecule has 1 aromatic heterocycles. The van der Waals surface area contributed by atoms with Crippen molar-refractivity contribution in [2.24, 2.45) is 18.9 Å². The summed E-state index contributed by atoms with van der Waals surface area (Å²) in [6, 6.07) is -0.133. The van der Waals surface area contributed by atoms with E-state index in [1.807, 2.05) is 24.7 Å². The van der Waals surface area contributed by atoms with Gasteiger partial charge in [0.1, 0.15) is 11.5 Å². The van der Waals surface area contributed by atoms with E-state index in [0.29, 0.717) is 12.2 Å². The molecule has 0 spiro atoms. The van der Waals surface area contributed by atoms with E-state index >= 15 is 0 Å². The van der Waals surface area contributed by atoms with Crippen LogP contribution in [0.15, 0.2) is 23.0 Å². The van der Waals surface area contributed by atoms with E-state index in [2.05, 4.69) is 4.98 Å². The minimum absolute atomic E-state index is 0.0169. The number of carboxylic acid groups (broad SMARTS) is 1. The number of carbonyl (C=O) groups is 2. The van der Waals surface area contributed by atoms with Gasteiger partial charge in [0.05, 0.1) is 12.0 Å². The van der Waals surface area contributed by atoms with Crippen LogP contribution in [0.4, 0.5) is 0 Å². The Morgan fingerprint density at radius 3 is 2.79 bits per heavy atom. The van der Waals surface area contributed by atoms with E-state index in [4.69, 9.17) is 5.11 Å². The van der Waals surface area contributed by atoms with Crippen LogP contribution in [0.5, 0.6) is 0 Å². The third-order valence-electron chi connectivity index (χ3n) is 4.81. The number of imidazole rings is 1. The molecule has 1 fully saturated rings. The smallest absolute Gasteiger partial charge is 0.353 e. The zero-order valence-corrected chi connectivity index (χ0v) is 14.5. The van der Waals surface area contributed by atoms with Crippen LogP contribution in [0.1, 0.15) is 19.2 Å². The maximum Gasteiger partial charge on any atom is 0.353 e. The topological polar surface area (TPSA) is 95.7 Å². The lowest BCUT2D eigenvalue weighted by atomic mass is 9.80. The highest BCUT2D eigenvalue weighted by atomic mass is 32.2. The maximum absolute atomic E-state index is 12.2. The molecule has 24 heavy (non-hydrogen) atoms. The Balaban J connectivity index is 1.74. The van der Waals surface area contributed by atoms with Gasteiger partial charge in [0.2, 0.25) is 5.91 Å². The van der Waals surface area contributed by atoms with Gasteiger partial charge in [0, 0.05) is 49.0 Å². The highest BCUT2D eigenvalue weighted by Crippen LogP contribution is 2.50. The molecule has 0 bridgehead atoms. The molecule has 0 unspecified atom stereocenters. The van der Waals surface area contributed by atoms with Crippen molar-refractivity contribution in [2.45, 2.75) is 25.8 Å². The van der Waals surface area contributed by atoms with Gasteiger partial charge in [-0.25, -0.2) is 9.78 Å². The fraction of sp³-hybridized carbons (Fsp3) is 0.562. The van der Waals surface area contributed by atoms with E-state index in [1.165, 1.54) is 16.7 Å². The Labute approximate surface area is 144 Å². The minimum Gasteiger partial charge on any atom is -0.477 e. The predicted molar refractivity (Wildman–Crippen MR) is 89.0 cm³/mol. The molecule has 1 amide bonds. The van der Waals surface area contributed by atoms with Gasteiger partial charge in [-0.15, -0.1) is 11.8 Å². The van der Waals surface area contributed by atoms with Gasteiger partial charge < -0.3 is 19.7 Å². The number of thioether (sulfide) groups is 1. The molecule has 0 aliphatic carbocycles. The second-order valence-electron chi connectivity index (χ2n) is 6.18. The number of hydrogen-bond acceptors (Lipinski definition) is 5. The lowest BCUT2D eigenvalue weighted by Crippen LogP contribution is -2.60. The summed E-state index contributed by atoms with van der Waals surface area (Å²) in [5.74, 6) is 0.130. The standard InChI is InChI=1S/C16H21N3O4S/c1-9-12-10(3-7-20)15(21)19(12)13(16(22)23)14(9)24-8-4-11-17-5-6-18(11)2/h5-6,9-10,12,20H,3-4,7-8H2,1-2H3,(H,22,23)/t9-,10+,12-/m1/s1. The molecule has 8 heteroatoms. The largest absolute Gasteiger partial charge is 0.477 e. The third-order valence-corrected chi connectivity index (χ3v) is 6.10. The molecule has 1 saturated heterocycles. The monoisotopic (exact) mass is 351 g/mol. The molecule has 7 nitrogen and oxygen atoms in total.